The third-order valence-corrected chi connectivity index (χ3v) is 3.82. The Balaban J connectivity index is 1.77. The van der Waals surface area contributed by atoms with Crippen molar-refractivity contribution >= 4 is 23.3 Å². The number of nitrogens with zero attached hydrogens (tertiary/aromatic N) is 2. The monoisotopic (exact) mass is 283 g/mol. The molecule has 1 aromatic heterocycles. The molecule has 2 heterocycles. The fourth-order valence-corrected chi connectivity index (χ4v) is 2.87. The van der Waals surface area contributed by atoms with Gasteiger partial charge in [-0.1, -0.05) is 0 Å². The van der Waals surface area contributed by atoms with E-state index < -0.39 is 5.97 Å². The van der Waals surface area contributed by atoms with Gasteiger partial charge in [0.1, 0.15) is 0 Å². The largest absolute Gasteiger partial charge is 0.481 e. The van der Waals surface area contributed by atoms with Crippen molar-refractivity contribution in [1.29, 1.82) is 0 Å². The second kappa shape index (κ2) is 6.51. The predicted molar refractivity (Wildman–Crippen MR) is 71.2 cm³/mol. The van der Waals surface area contributed by atoms with E-state index in [2.05, 4.69) is 10.3 Å². The lowest BCUT2D eigenvalue weighted by Gasteiger charge is -2.23. The van der Waals surface area contributed by atoms with Crippen molar-refractivity contribution in [2.75, 3.05) is 13.1 Å². The van der Waals surface area contributed by atoms with E-state index in [4.69, 9.17) is 5.11 Å². The quantitative estimate of drug-likeness (QED) is 0.854. The number of carbonyl (C=O) groups excluding carboxylic acids is 1. The molecule has 1 atom stereocenters. The zero-order valence-electron chi connectivity index (χ0n) is 10.5. The Kier molecular flexibility index (Phi) is 4.73. The number of urea groups is 1. The molecule has 0 saturated carbocycles. The molecule has 1 aromatic rings. The van der Waals surface area contributed by atoms with Crippen molar-refractivity contribution in [2.24, 2.45) is 0 Å². The van der Waals surface area contributed by atoms with E-state index in [1.807, 2.05) is 5.38 Å². The zero-order chi connectivity index (χ0) is 13.7. The number of hydrogen-bond acceptors (Lipinski definition) is 4. The Morgan fingerprint density at radius 1 is 1.58 bits per heavy atom. The van der Waals surface area contributed by atoms with E-state index in [1.165, 1.54) is 11.3 Å². The van der Waals surface area contributed by atoms with Gasteiger partial charge in [-0.2, -0.15) is 0 Å². The summed E-state index contributed by atoms with van der Waals surface area (Å²) in [6.45, 7) is 1.17. The van der Waals surface area contributed by atoms with Gasteiger partial charge in [-0.3, -0.25) is 4.79 Å². The minimum Gasteiger partial charge on any atom is -0.481 e. The maximum absolute atomic E-state index is 12.0. The van der Waals surface area contributed by atoms with Gasteiger partial charge in [-0.15, -0.1) is 11.3 Å². The Morgan fingerprint density at radius 3 is 3.11 bits per heavy atom. The van der Waals surface area contributed by atoms with Crippen LogP contribution in [0.4, 0.5) is 4.79 Å². The first-order valence-electron chi connectivity index (χ1n) is 6.30. The van der Waals surface area contributed by atoms with Crippen molar-refractivity contribution < 1.29 is 14.7 Å². The summed E-state index contributed by atoms with van der Waals surface area (Å²) in [6.07, 6.45) is 2.37. The third-order valence-electron chi connectivity index (χ3n) is 3.19. The molecular formula is C12H17N3O3S. The first-order valence-corrected chi connectivity index (χ1v) is 7.24. The number of rotatable bonds is 5. The van der Waals surface area contributed by atoms with Crippen LogP contribution < -0.4 is 5.32 Å². The molecule has 104 valence electrons. The van der Waals surface area contributed by atoms with Gasteiger partial charge in [0.25, 0.3) is 0 Å². The second-order valence-electron chi connectivity index (χ2n) is 4.55. The highest BCUT2D eigenvalue weighted by Crippen LogP contribution is 2.19. The Bertz CT molecular complexity index is 435. The summed E-state index contributed by atoms with van der Waals surface area (Å²) in [6, 6.07) is -0.337. The van der Waals surface area contributed by atoms with Gasteiger partial charge in [0, 0.05) is 30.9 Å². The Morgan fingerprint density at radius 2 is 2.42 bits per heavy atom. The normalized spacial score (nSPS) is 18.5. The first kappa shape index (κ1) is 13.8. The molecule has 1 unspecified atom stereocenters. The topological polar surface area (TPSA) is 82.5 Å². The number of thiazole rings is 1. The molecule has 0 aliphatic carbocycles. The van der Waals surface area contributed by atoms with Crippen molar-refractivity contribution in [3.63, 3.8) is 0 Å². The lowest BCUT2D eigenvalue weighted by Crippen LogP contribution is -2.44. The Hall–Kier alpha value is -1.63. The van der Waals surface area contributed by atoms with E-state index in [-0.39, 0.29) is 18.5 Å². The summed E-state index contributed by atoms with van der Waals surface area (Å²) in [5.74, 6) is -0.854. The number of amides is 2. The number of likely N-dealkylation sites (tertiary alicyclic amines) is 1. The molecule has 1 aliphatic heterocycles. The second-order valence-corrected chi connectivity index (χ2v) is 5.27. The van der Waals surface area contributed by atoms with Crippen LogP contribution in [-0.4, -0.2) is 46.1 Å². The zero-order valence-corrected chi connectivity index (χ0v) is 11.4. The highest BCUT2D eigenvalue weighted by Gasteiger charge is 2.30. The molecular weight excluding hydrogens is 266 g/mol. The number of aliphatic carboxylic acids is 1. The summed E-state index contributed by atoms with van der Waals surface area (Å²) in [4.78, 5) is 28.5. The highest BCUT2D eigenvalue weighted by molar-refractivity contribution is 7.07. The number of carbonyl (C=O) groups is 2. The van der Waals surface area contributed by atoms with E-state index in [0.29, 0.717) is 19.5 Å². The fraction of sp³-hybridized carbons (Fsp3) is 0.583. The maximum atomic E-state index is 12.0. The van der Waals surface area contributed by atoms with Gasteiger partial charge in [-0.05, 0) is 12.8 Å². The lowest BCUT2D eigenvalue weighted by molar-refractivity contribution is -0.137. The molecule has 7 heteroatoms. The number of hydrogen-bond donors (Lipinski definition) is 2. The SMILES string of the molecule is O=C(O)CC1CCCN1C(=O)NCCc1cscn1. The van der Waals surface area contributed by atoms with Crippen molar-refractivity contribution in [3.05, 3.63) is 16.6 Å². The summed E-state index contributed by atoms with van der Waals surface area (Å²) in [5.41, 5.74) is 2.73. The molecule has 2 rings (SSSR count). The molecule has 0 bridgehead atoms. The van der Waals surface area contributed by atoms with Crippen LogP contribution in [0.2, 0.25) is 0 Å². The van der Waals surface area contributed by atoms with E-state index in [0.717, 1.165) is 18.5 Å². The minimum atomic E-state index is -0.854. The van der Waals surface area contributed by atoms with Gasteiger partial charge in [0.15, 0.2) is 0 Å². The molecule has 0 aromatic carbocycles. The van der Waals surface area contributed by atoms with Gasteiger partial charge in [0.2, 0.25) is 0 Å². The molecule has 1 saturated heterocycles. The van der Waals surface area contributed by atoms with Crippen LogP contribution in [0.15, 0.2) is 10.9 Å². The Labute approximate surface area is 115 Å². The predicted octanol–water partition coefficient (Wildman–Crippen LogP) is 1.33. The fourth-order valence-electron chi connectivity index (χ4n) is 2.28. The summed E-state index contributed by atoms with van der Waals surface area (Å²) in [5, 5.41) is 13.6. The van der Waals surface area contributed by atoms with E-state index in [1.54, 1.807) is 10.4 Å². The average Bonchev–Trinajstić information content (AvgIpc) is 2.99. The standard InChI is InChI=1S/C12H17N3O3S/c16-11(17)6-10-2-1-5-15(10)12(18)13-4-3-9-7-19-8-14-9/h7-8,10H,1-6H2,(H,13,18)(H,16,17). The molecule has 0 radical (unpaired) electrons. The number of carboxylic acid groups (broad SMARTS) is 1. The van der Waals surface area contributed by atoms with Crippen LogP contribution in [0, 0.1) is 0 Å². The van der Waals surface area contributed by atoms with Crippen LogP contribution in [0.5, 0.6) is 0 Å². The molecule has 6 nitrogen and oxygen atoms in total. The summed E-state index contributed by atoms with van der Waals surface area (Å²) >= 11 is 1.53. The molecule has 19 heavy (non-hydrogen) atoms. The third kappa shape index (κ3) is 3.92. The van der Waals surface area contributed by atoms with Crippen LogP contribution >= 0.6 is 11.3 Å². The van der Waals surface area contributed by atoms with Crippen molar-refractivity contribution in [1.82, 2.24) is 15.2 Å². The molecule has 1 fully saturated rings. The van der Waals surface area contributed by atoms with Gasteiger partial charge in [-0.25, -0.2) is 9.78 Å². The van der Waals surface area contributed by atoms with E-state index >= 15 is 0 Å². The summed E-state index contributed by atoms with van der Waals surface area (Å²) < 4.78 is 0. The highest BCUT2D eigenvalue weighted by atomic mass is 32.1. The number of carboxylic acids is 1. The van der Waals surface area contributed by atoms with Crippen LogP contribution in [0.25, 0.3) is 0 Å². The summed E-state index contributed by atoms with van der Waals surface area (Å²) in [7, 11) is 0. The number of nitrogens with one attached hydrogen (secondary N) is 1. The smallest absolute Gasteiger partial charge is 0.317 e. The van der Waals surface area contributed by atoms with E-state index in [9.17, 15) is 9.59 Å². The molecule has 0 spiro atoms. The minimum absolute atomic E-state index is 0.0273. The lowest BCUT2D eigenvalue weighted by atomic mass is 10.1. The van der Waals surface area contributed by atoms with Crippen LogP contribution in [-0.2, 0) is 11.2 Å². The van der Waals surface area contributed by atoms with Gasteiger partial charge in [0.05, 0.1) is 17.6 Å². The first-order chi connectivity index (χ1) is 9.16. The average molecular weight is 283 g/mol. The van der Waals surface area contributed by atoms with Crippen LogP contribution in [0.1, 0.15) is 25.0 Å². The maximum Gasteiger partial charge on any atom is 0.317 e. The van der Waals surface area contributed by atoms with Crippen molar-refractivity contribution in [2.45, 2.75) is 31.7 Å². The molecule has 1 aliphatic rings. The molecule has 2 N–H and O–H groups in total. The number of aromatic nitrogens is 1. The van der Waals surface area contributed by atoms with Crippen LogP contribution in [0.3, 0.4) is 0 Å². The van der Waals surface area contributed by atoms with Gasteiger partial charge < -0.3 is 15.3 Å². The molecule has 2 amide bonds. The van der Waals surface area contributed by atoms with Gasteiger partial charge >= 0.3 is 12.0 Å². The van der Waals surface area contributed by atoms with Crippen molar-refractivity contribution in [3.8, 4) is 0 Å².